The Kier molecular flexibility index (Phi) is 4.32. The molecule has 3 aromatic heterocycles. The molecule has 6 nitrogen and oxygen atoms in total. The monoisotopic (exact) mass is 329 g/mol. The fourth-order valence-corrected chi connectivity index (χ4v) is 3.93. The molecule has 120 valence electrons. The van der Waals surface area contributed by atoms with E-state index in [1.165, 1.54) is 0 Å². The molecule has 4 heterocycles. The predicted molar refractivity (Wildman–Crippen MR) is 93.1 cm³/mol. The first-order valence-electron chi connectivity index (χ1n) is 7.94. The van der Waals surface area contributed by atoms with E-state index in [4.69, 9.17) is 4.74 Å². The number of nitrogens with one attached hydrogen (secondary N) is 1. The van der Waals surface area contributed by atoms with Crippen molar-refractivity contribution in [3.63, 3.8) is 0 Å². The van der Waals surface area contributed by atoms with Crippen LogP contribution in [0.3, 0.4) is 0 Å². The van der Waals surface area contributed by atoms with Gasteiger partial charge in [-0.05, 0) is 25.1 Å². The Morgan fingerprint density at radius 1 is 1.22 bits per heavy atom. The normalized spacial score (nSPS) is 16.2. The first-order valence-corrected chi connectivity index (χ1v) is 8.76. The second kappa shape index (κ2) is 6.74. The zero-order valence-electron chi connectivity index (χ0n) is 12.9. The van der Waals surface area contributed by atoms with Gasteiger partial charge in [-0.3, -0.25) is 4.90 Å². The van der Waals surface area contributed by atoms with Gasteiger partial charge in [-0.2, -0.15) is 0 Å². The zero-order chi connectivity index (χ0) is 15.5. The lowest BCUT2D eigenvalue weighted by atomic mass is 10.3. The summed E-state index contributed by atoms with van der Waals surface area (Å²) in [6, 6.07) is 4.02. The molecule has 1 fully saturated rings. The largest absolute Gasteiger partial charge is 0.379 e. The van der Waals surface area contributed by atoms with Gasteiger partial charge in [0.2, 0.25) is 0 Å². The molecular formula is C16H19N5OS. The third kappa shape index (κ3) is 3.12. The van der Waals surface area contributed by atoms with Crippen LogP contribution in [0.25, 0.3) is 20.4 Å². The third-order valence-electron chi connectivity index (χ3n) is 4.08. The second-order valence-corrected chi connectivity index (χ2v) is 6.59. The molecule has 4 rings (SSSR count). The molecule has 1 aliphatic heterocycles. The van der Waals surface area contributed by atoms with Gasteiger partial charge in [-0.15, -0.1) is 11.3 Å². The number of nitrogens with zero attached hydrogens (tertiary/aromatic N) is 4. The Morgan fingerprint density at radius 2 is 2.13 bits per heavy atom. The molecule has 0 radical (unpaired) electrons. The summed E-state index contributed by atoms with van der Waals surface area (Å²) in [5.74, 6) is 0.917. The van der Waals surface area contributed by atoms with Crippen LogP contribution in [0.4, 0.5) is 5.82 Å². The minimum atomic E-state index is 0.856. The van der Waals surface area contributed by atoms with Gasteiger partial charge in [0.15, 0.2) is 0 Å². The predicted octanol–water partition coefficient (Wildman–Crippen LogP) is 2.37. The molecule has 0 amide bonds. The van der Waals surface area contributed by atoms with Crippen LogP contribution in [0.5, 0.6) is 0 Å². The molecule has 1 N–H and O–H groups in total. The highest BCUT2D eigenvalue weighted by Crippen LogP contribution is 2.34. The molecule has 1 saturated heterocycles. The lowest BCUT2D eigenvalue weighted by Gasteiger charge is -2.26. The SMILES string of the molecule is c1cnc2sc3c(NCCCN4CCOCC4)ncnc3c2c1. The lowest BCUT2D eigenvalue weighted by Crippen LogP contribution is -2.37. The molecule has 23 heavy (non-hydrogen) atoms. The van der Waals surface area contributed by atoms with E-state index < -0.39 is 0 Å². The maximum absolute atomic E-state index is 5.37. The van der Waals surface area contributed by atoms with E-state index >= 15 is 0 Å². The lowest BCUT2D eigenvalue weighted by molar-refractivity contribution is 0.0378. The molecule has 0 spiro atoms. The number of rotatable bonds is 5. The quantitative estimate of drug-likeness (QED) is 0.725. The number of hydrogen-bond donors (Lipinski definition) is 1. The molecule has 0 saturated carbocycles. The molecule has 0 aliphatic carbocycles. The van der Waals surface area contributed by atoms with Crippen molar-refractivity contribution in [2.75, 3.05) is 44.7 Å². The number of pyridine rings is 1. The highest BCUT2D eigenvalue weighted by Gasteiger charge is 2.12. The Labute approximate surface area is 138 Å². The van der Waals surface area contributed by atoms with Crippen LogP contribution >= 0.6 is 11.3 Å². The van der Waals surface area contributed by atoms with Crippen LogP contribution in [0.15, 0.2) is 24.7 Å². The van der Waals surface area contributed by atoms with E-state index in [9.17, 15) is 0 Å². The van der Waals surface area contributed by atoms with E-state index in [-0.39, 0.29) is 0 Å². The molecular weight excluding hydrogens is 310 g/mol. The first kappa shape index (κ1) is 14.7. The molecule has 0 bridgehead atoms. The van der Waals surface area contributed by atoms with Gasteiger partial charge in [0.05, 0.1) is 23.4 Å². The Bertz CT molecular complexity index is 799. The maximum Gasteiger partial charge on any atom is 0.147 e. The molecule has 3 aromatic rings. The first-order chi connectivity index (χ1) is 11.4. The van der Waals surface area contributed by atoms with Crippen molar-refractivity contribution in [3.8, 4) is 0 Å². The standard InChI is InChI=1S/C16H19N5OS/c1-3-12-13-14(23-16(12)18-4-1)15(20-11-19-13)17-5-2-6-21-7-9-22-10-8-21/h1,3-4,11H,2,5-10H2,(H,17,19,20). The molecule has 0 unspecified atom stereocenters. The van der Waals surface area contributed by atoms with Gasteiger partial charge in [-0.1, -0.05) is 0 Å². The van der Waals surface area contributed by atoms with Crippen molar-refractivity contribution in [1.82, 2.24) is 19.9 Å². The van der Waals surface area contributed by atoms with Crippen molar-refractivity contribution in [3.05, 3.63) is 24.7 Å². The summed E-state index contributed by atoms with van der Waals surface area (Å²) >= 11 is 1.65. The minimum absolute atomic E-state index is 0.856. The van der Waals surface area contributed by atoms with Crippen LogP contribution in [0.2, 0.25) is 0 Å². The third-order valence-corrected chi connectivity index (χ3v) is 5.19. The van der Waals surface area contributed by atoms with Crippen molar-refractivity contribution >= 4 is 37.6 Å². The van der Waals surface area contributed by atoms with Crippen molar-refractivity contribution < 1.29 is 4.74 Å². The van der Waals surface area contributed by atoms with Crippen LogP contribution in [0.1, 0.15) is 6.42 Å². The minimum Gasteiger partial charge on any atom is -0.379 e. The van der Waals surface area contributed by atoms with E-state index in [1.54, 1.807) is 17.7 Å². The van der Waals surface area contributed by atoms with Crippen LogP contribution in [-0.4, -0.2) is 59.2 Å². The summed E-state index contributed by atoms with van der Waals surface area (Å²) in [5, 5.41) is 4.56. The number of aromatic nitrogens is 3. The zero-order valence-corrected chi connectivity index (χ0v) is 13.7. The van der Waals surface area contributed by atoms with Crippen molar-refractivity contribution in [2.45, 2.75) is 6.42 Å². The summed E-state index contributed by atoms with van der Waals surface area (Å²) in [7, 11) is 0. The average molecular weight is 329 g/mol. The smallest absolute Gasteiger partial charge is 0.147 e. The number of fused-ring (bicyclic) bond motifs is 3. The average Bonchev–Trinajstić information content (AvgIpc) is 2.99. The van der Waals surface area contributed by atoms with Crippen molar-refractivity contribution in [2.24, 2.45) is 0 Å². The van der Waals surface area contributed by atoms with Crippen molar-refractivity contribution in [1.29, 1.82) is 0 Å². The van der Waals surface area contributed by atoms with Gasteiger partial charge in [0.1, 0.15) is 17.0 Å². The highest BCUT2D eigenvalue weighted by molar-refractivity contribution is 7.25. The Balaban J connectivity index is 1.44. The Morgan fingerprint density at radius 3 is 3.04 bits per heavy atom. The fraction of sp³-hybridized carbons (Fsp3) is 0.438. The van der Waals surface area contributed by atoms with E-state index in [2.05, 4.69) is 31.2 Å². The second-order valence-electron chi connectivity index (χ2n) is 5.59. The summed E-state index contributed by atoms with van der Waals surface area (Å²) in [6.45, 7) is 5.80. The van der Waals surface area contributed by atoms with E-state index in [1.807, 2.05) is 12.3 Å². The van der Waals surface area contributed by atoms with Gasteiger partial charge in [0.25, 0.3) is 0 Å². The summed E-state index contributed by atoms with van der Waals surface area (Å²) in [5.41, 5.74) is 0.990. The number of anilines is 1. The maximum atomic E-state index is 5.37. The number of hydrogen-bond acceptors (Lipinski definition) is 7. The number of ether oxygens (including phenoxy) is 1. The Hall–Kier alpha value is -1.83. The van der Waals surface area contributed by atoms with Gasteiger partial charge >= 0.3 is 0 Å². The van der Waals surface area contributed by atoms with Gasteiger partial charge in [0, 0.05) is 31.2 Å². The molecule has 1 aliphatic rings. The summed E-state index contributed by atoms with van der Waals surface area (Å²) in [4.78, 5) is 16.7. The van der Waals surface area contributed by atoms with E-state index in [0.717, 1.165) is 72.1 Å². The molecule has 0 atom stereocenters. The van der Waals surface area contributed by atoms with Crippen LogP contribution < -0.4 is 5.32 Å². The van der Waals surface area contributed by atoms with E-state index in [0.29, 0.717) is 0 Å². The number of morpholine rings is 1. The van der Waals surface area contributed by atoms with Crippen LogP contribution in [-0.2, 0) is 4.74 Å². The van der Waals surface area contributed by atoms with Gasteiger partial charge < -0.3 is 10.1 Å². The number of thiophene rings is 1. The fourth-order valence-electron chi connectivity index (χ4n) is 2.87. The summed E-state index contributed by atoms with van der Waals surface area (Å²) < 4.78 is 6.46. The molecule has 7 heteroatoms. The summed E-state index contributed by atoms with van der Waals surface area (Å²) in [6.07, 6.45) is 4.54. The molecule has 0 aromatic carbocycles. The van der Waals surface area contributed by atoms with Gasteiger partial charge in [-0.25, -0.2) is 15.0 Å². The highest BCUT2D eigenvalue weighted by atomic mass is 32.1. The van der Waals surface area contributed by atoms with Crippen LogP contribution in [0, 0.1) is 0 Å². The topological polar surface area (TPSA) is 63.2 Å².